The molecule has 156 valence electrons. The number of rotatable bonds is 9. The van der Waals surface area contributed by atoms with E-state index >= 15 is 0 Å². The van der Waals surface area contributed by atoms with E-state index in [-0.39, 0.29) is 23.5 Å². The molecule has 1 aliphatic heterocycles. The molecule has 29 heavy (non-hydrogen) atoms. The number of hydrogen-bond donors (Lipinski definition) is 2. The molecular weight excluding hydrogens is 388 g/mol. The van der Waals surface area contributed by atoms with Gasteiger partial charge >= 0.3 is 0 Å². The van der Waals surface area contributed by atoms with Crippen LogP contribution in [-0.2, 0) is 9.59 Å². The zero-order valence-corrected chi connectivity index (χ0v) is 17.5. The molecule has 1 atom stereocenters. The molecule has 1 aromatic heterocycles. The van der Waals surface area contributed by atoms with Gasteiger partial charge in [-0.15, -0.1) is 10.2 Å². The molecule has 1 unspecified atom stereocenters. The third-order valence-corrected chi connectivity index (χ3v) is 5.99. The smallest absolute Gasteiger partial charge is 0.230 e. The summed E-state index contributed by atoms with van der Waals surface area (Å²) in [6, 6.07) is 8.08. The maximum Gasteiger partial charge on any atom is 0.230 e. The van der Waals surface area contributed by atoms with Gasteiger partial charge in [-0.2, -0.15) is 0 Å². The minimum Gasteiger partial charge on any atom is -0.369 e. The number of piperidine rings is 1. The van der Waals surface area contributed by atoms with Crippen LogP contribution in [0.5, 0.6) is 0 Å². The number of amides is 2. The van der Waals surface area contributed by atoms with Gasteiger partial charge in [-0.25, -0.2) is 0 Å². The number of nitrogens with two attached hydrogens (primary N) is 1. The number of thioether (sulfide) groups is 1. The molecule has 2 aromatic rings. The Morgan fingerprint density at radius 3 is 2.86 bits per heavy atom. The predicted octanol–water partition coefficient (Wildman–Crippen LogP) is 1.37. The minimum absolute atomic E-state index is 0.0258. The second kappa shape index (κ2) is 10.4. The summed E-state index contributed by atoms with van der Waals surface area (Å²) >= 11 is 1.37. The summed E-state index contributed by atoms with van der Waals surface area (Å²) in [5.41, 5.74) is 7.57. The highest BCUT2D eigenvalue weighted by Gasteiger charge is 2.23. The third kappa shape index (κ3) is 6.30. The summed E-state index contributed by atoms with van der Waals surface area (Å²) in [7, 11) is 0. The molecule has 3 rings (SSSR count). The lowest BCUT2D eigenvalue weighted by Gasteiger charge is -2.31. The second-order valence-corrected chi connectivity index (χ2v) is 8.30. The van der Waals surface area contributed by atoms with Crippen LogP contribution in [0.15, 0.2) is 35.7 Å². The minimum atomic E-state index is -0.210. The highest BCUT2D eigenvalue weighted by Crippen LogP contribution is 2.19. The van der Waals surface area contributed by atoms with Gasteiger partial charge < -0.3 is 16.0 Å². The van der Waals surface area contributed by atoms with Crippen molar-refractivity contribution in [3.8, 4) is 5.69 Å². The molecule has 0 spiro atoms. The Balaban J connectivity index is 1.37. The molecule has 3 N–H and O–H groups in total. The van der Waals surface area contributed by atoms with Crippen LogP contribution in [0.3, 0.4) is 0 Å². The molecule has 1 aromatic carbocycles. The normalized spacial score (nSPS) is 17.2. The van der Waals surface area contributed by atoms with Crippen molar-refractivity contribution in [1.82, 2.24) is 25.0 Å². The van der Waals surface area contributed by atoms with Crippen LogP contribution in [0.2, 0.25) is 0 Å². The van der Waals surface area contributed by atoms with Gasteiger partial charge in [0.05, 0.1) is 11.7 Å². The van der Waals surface area contributed by atoms with Crippen LogP contribution in [0.4, 0.5) is 0 Å². The molecule has 9 heteroatoms. The van der Waals surface area contributed by atoms with E-state index in [4.69, 9.17) is 5.73 Å². The van der Waals surface area contributed by atoms with Crippen molar-refractivity contribution in [2.45, 2.75) is 31.3 Å². The topological polar surface area (TPSA) is 106 Å². The number of nitrogens with zero attached hydrogens (tertiary/aromatic N) is 4. The van der Waals surface area contributed by atoms with Gasteiger partial charge in [0.25, 0.3) is 0 Å². The standard InChI is InChI=1S/C20H28N6O2S/c1-15-5-7-17(8-6-15)26-14-23-24-20(26)29-13-18(27)22-9-3-11-25-10-2-4-16(12-25)19(21)28/h5-8,14,16H,2-4,9-13H2,1H3,(H2,21,28)(H,22,27). The molecule has 1 aliphatic rings. The first-order chi connectivity index (χ1) is 14.0. The quantitative estimate of drug-likeness (QED) is 0.472. The fourth-order valence-electron chi connectivity index (χ4n) is 3.41. The average Bonchev–Trinajstić information content (AvgIpc) is 3.19. The van der Waals surface area contributed by atoms with Crippen molar-refractivity contribution in [1.29, 1.82) is 0 Å². The monoisotopic (exact) mass is 416 g/mol. The summed E-state index contributed by atoms with van der Waals surface area (Å²) in [5, 5.41) is 11.7. The average molecular weight is 417 g/mol. The first-order valence-corrected chi connectivity index (χ1v) is 10.9. The van der Waals surface area contributed by atoms with E-state index in [0.29, 0.717) is 11.7 Å². The molecule has 1 saturated heterocycles. The van der Waals surface area contributed by atoms with Gasteiger partial charge in [0.15, 0.2) is 5.16 Å². The molecule has 2 amide bonds. The van der Waals surface area contributed by atoms with E-state index < -0.39 is 0 Å². The Bertz CT molecular complexity index is 823. The van der Waals surface area contributed by atoms with Crippen LogP contribution < -0.4 is 11.1 Å². The predicted molar refractivity (Wildman–Crippen MR) is 113 cm³/mol. The highest BCUT2D eigenvalue weighted by atomic mass is 32.2. The van der Waals surface area contributed by atoms with Crippen molar-refractivity contribution < 1.29 is 9.59 Å². The van der Waals surface area contributed by atoms with E-state index in [1.54, 1.807) is 6.33 Å². The number of aryl methyl sites for hydroxylation is 1. The number of primary amides is 1. The molecule has 0 radical (unpaired) electrons. The summed E-state index contributed by atoms with van der Waals surface area (Å²) in [5.74, 6) is 0.0131. The van der Waals surface area contributed by atoms with Crippen molar-refractivity contribution in [2.24, 2.45) is 11.7 Å². The molecule has 0 aliphatic carbocycles. The lowest BCUT2D eigenvalue weighted by atomic mass is 9.97. The zero-order valence-electron chi connectivity index (χ0n) is 16.7. The lowest BCUT2D eigenvalue weighted by molar-refractivity contribution is -0.123. The van der Waals surface area contributed by atoms with Crippen molar-refractivity contribution in [3.63, 3.8) is 0 Å². The third-order valence-electron chi connectivity index (χ3n) is 5.04. The van der Waals surface area contributed by atoms with E-state index in [0.717, 1.165) is 44.6 Å². The SMILES string of the molecule is Cc1ccc(-n2cnnc2SCC(=O)NCCCN2CCCC(C(N)=O)C2)cc1. The Labute approximate surface area is 175 Å². The number of carbonyl (C=O) groups excluding carboxylic acids is 2. The van der Waals surface area contributed by atoms with Crippen molar-refractivity contribution in [3.05, 3.63) is 36.2 Å². The Kier molecular flexibility index (Phi) is 7.65. The Morgan fingerprint density at radius 1 is 1.31 bits per heavy atom. The van der Waals surface area contributed by atoms with Crippen LogP contribution in [-0.4, -0.2) is 63.4 Å². The number of aromatic nitrogens is 3. The van der Waals surface area contributed by atoms with Crippen LogP contribution >= 0.6 is 11.8 Å². The van der Waals surface area contributed by atoms with Gasteiger partial charge in [0.1, 0.15) is 6.33 Å². The van der Waals surface area contributed by atoms with E-state index in [1.165, 1.54) is 17.3 Å². The molecule has 2 heterocycles. The van der Waals surface area contributed by atoms with Gasteiger partial charge in [0, 0.05) is 18.8 Å². The van der Waals surface area contributed by atoms with Gasteiger partial charge in [-0.05, 0) is 51.4 Å². The van der Waals surface area contributed by atoms with Crippen LogP contribution in [0.1, 0.15) is 24.8 Å². The maximum atomic E-state index is 12.2. The molecule has 8 nitrogen and oxygen atoms in total. The number of likely N-dealkylation sites (tertiary alicyclic amines) is 1. The van der Waals surface area contributed by atoms with Crippen LogP contribution in [0, 0.1) is 12.8 Å². The van der Waals surface area contributed by atoms with Gasteiger partial charge in [0.2, 0.25) is 11.8 Å². The molecular formula is C20H28N6O2S. The first-order valence-electron chi connectivity index (χ1n) is 9.91. The summed E-state index contributed by atoms with van der Waals surface area (Å²) in [6.07, 6.45) is 4.38. The van der Waals surface area contributed by atoms with Crippen LogP contribution in [0.25, 0.3) is 5.69 Å². The summed E-state index contributed by atoms with van der Waals surface area (Å²) in [4.78, 5) is 25.8. The Morgan fingerprint density at radius 2 is 2.10 bits per heavy atom. The Hall–Kier alpha value is -2.39. The van der Waals surface area contributed by atoms with Gasteiger partial charge in [-0.1, -0.05) is 29.5 Å². The number of hydrogen-bond acceptors (Lipinski definition) is 6. The number of nitrogens with one attached hydrogen (secondary N) is 1. The molecule has 1 fully saturated rings. The number of carbonyl (C=O) groups is 2. The summed E-state index contributed by atoms with van der Waals surface area (Å²) < 4.78 is 1.88. The van der Waals surface area contributed by atoms with Crippen molar-refractivity contribution in [2.75, 3.05) is 31.9 Å². The largest absolute Gasteiger partial charge is 0.369 e. The second-order valence-electron chi connectivity index (χ2n) is 7.35. The molecule has 0 saturated carbocycles. The van der Waals surface area contributed by atoms with Gasteiger partial charge in [-0.3, -0.25) is 14.2 Å². The van der Waals surface area contributed by atoms with Crippen molar-refractivity contribution >= 4 is 23.6 Å². The summed E-state index contributed by atoms with van der Waals surface area (Å²) in [6.45, 7) is 5.23. The van der Waals surface area contributed by atoms with E-state index in [2.05, 4.69) is 20.4 Å². The lowest BCUT2D eigenvalue weighted by Crippen LogP contribution is -2.42. The maximum absolute atomic E-state index is 12.2. The molecule has 0 bridgehead atoms. The highest BCUT2D eigenvalue weighted by molar-refractivity contribution is 7.99. The van der Waals surface area contributed by atoms with E-state index in [9.17, 15) is 9.59 Å². The van der Waals surface area contributed by atoms with E-state index in [1.807, 2.05) is 35.8 Å². The zero-order chi connectivity index (χ0) is 20.6. The fraction of sp³-hybridized carbons (Fsp3) is 0.500. The fourth-order valence-corrected chi connectivity index (χ4v) is 4.17. The first kappa shape index (κ1) is 21.3. The number of benzene rings is 1.